The lowest BCUT2D eigenvalue weighted by atomic mass is 10.0. The van der Waals surface area contributed by atoms with Crippen molar-refractivity contribution in [2.75, 3.05) is 43.0 Å². The Balaban J connectivity index is 1.91. The molecule has 0 saturated carbocycles. The smallest absolute Gasteiger partial charge is 0.321 e. The number of nitrogens with one attached hydrogen (secondary N) is 2. The molecule has 1 aliphatic heterocycles. The van der Waals surface area contributed by atoms with E-state index < -0.39 is 22.2 Å². The first-order valence-corrected chi connectivity index (χ1v) is 13.8. The number of aryl methyl sites for hydroxylation is 2. The number of aliphatic hydroxyl groups excluding tert-OH is 1. The van der Waals surface area contributed by atoms with Crippen molar-refractivity contribution < 1.29 is 32.4 Å². The van der Waals surface area contributed by atoms with E-state index in [4.69, 9.17) is 9.26 Å². The molecule has 12 nitrogen and oxygen atoms in total. The Morgan fingerprint density at radius 2 is 2.05 bits per heavy atom. The van der Waals surface area contributed by atoms with E-state index in [1.54, 1.807) is 50.9 Å². The van der Waals surface area contributed by atoms with Gasteiger partial charge in [0.1, 0.15) is 23.2 Å². The first-order chi connectivity index (χ1) is 17.3. The molecule has 13 heteroatoms. The molecule has 0 spiro atoms. The van der Waals surface area contributed by atoms with Gasteiger partial charge in [0.2, 0.25) is 15.9 Å². The maximum Gasteiger partial charge on any atom is 0.321 e. The van der Waals surface area contributed by atoms with E-state index >= 15 is 0 Å². The van der Waals surface area contributed by atoms with Crippen LogP contribution in [0.15, 0.2) is 22.7 Å². The third kappa shape index (κ3) is 7.13. The molecule has 3 amide bonds. The van der Waals surface area contributed by atoms with E-state index in [0.29, 0.717) is 40.7 Å². The zero-order chi connectivity index (χ0) is 27.5. The van der Waals surface area contributed by atoms with E-state index in [1.165, 1.54) is 4.90 Å². The zero-order valence-corrected chi connectivity index (χ0v) is 22.8. The molecule has 0 radical (unpaired) electrons. The van der Waals surface area contributed by atoms with E-state index in [0.717, 1.165) is 6.26 Å². The number of nitrogens with zero attached hydrogens (tertiary/aromatic N) is 3. The van der Waals surface area contributed by atoms with Gasteiger partial charge in [-0.1, -0.05) is 12.1 Å². The second kappa shape index (κ2) is 11.4. The van der Waals surface area contributed by atoms with Crippen LogP contribution in [0, 0.1) is 19.8 Å². The van der Waals surface area contributed by atoms with Crippen molar-refractivity contribution in [3.63, 3.8) is 0 Å². The van der Waals surface area contributed by atoms with Crippen LogP contribution in [0.25, 0.3) is 0 Å². The van der Waals surface area contributed by atoms with E-state index in [2.05, 4.69) is 15.2 Å². The van der Waals surface area contributed by atoms with Crippen LogP contribution in [-0.4, -0.2) is 85.6 Å². The van der Waals surface area contributed by atoms with E-state index in [1.807, 2.05) is 6.92 Å². The third-order valence-electron chi connectivity index (χ3n) is 6.29. The minimum Gasteiger partial charge on any atom is -0.488 e. The molecular formula is C24H35N5O7S. The zero-order valence-electron chi connectivity index (χ0n) is 21.9. The minimum absolute atomic E-state index is 0.0409. The van der Waals surface area contributed by atoms with Crippen LogP contribution in [0.1, 0.15) is 30.9 Å². The number of aliphatic hydroxyl groups is 1. The molecule has 3 rings (SSSR count). The summed E-state index contributed by atoms with van der Waals surface area (Å²) >= 11 is 0. The van der Waals surface area contributed by atoms with Gasteiger partial charge in [-0.05, 0) is 39.0 Å². The van der Waals surface area contributed by atoms with Crippen LogP contribution >= 0.6 is 0 Å². The molecule has 3 N–H and O–H groups in total. The maximum absolute atomic E-state index is 13.2. The van der Waals surface area contributed by atoms with Crippen molar-refractivity contribution in [2.45, 2.75) is 46.3 Å². The molecule has 0 bridgehead atoms. The normalized spacial score (nSPS) is 19.1. The second-order valence-corrected chi connectivity index (χ2v) is 11.3. The summed E-state index contributed by atoms with van der Waals surface area (Å²) < 4.78 is 37.3. The fraction of sp³-hybridized carbons (Fsp3) is 0.542. The summed E-state index contributed by atoms with van der Waals surface area (Å²) in [5.74, 6) is 0.472. The van der Waals surface area contributed by atoms with Gasteiger partial charge in [0.05, 0.1) is 31.9 Å². The number of urea groups is 1. The number of aromatic nitrogens is 1. The summed E-state index contributed by atoms with van der Waals surface area (Å²) in [6, 6.07) is 3.93. The van der Waals surface area contributed by atoms with Crippen molar-refractivity contribution in [3.05, 3.63) is 35.2 Å². The molecule has 2 aromatic rings. The van der Waals surface area contributed by atoms with Gasteiger partial charge in [-0.25, -0.2) is 13.2 Å². The van der Waals surface area contributed by atoms with Crippen molar-refractivity contribution in [1.29, 1.82) is 0 Å². The summed E-state index contributed by atoms with van der Waals surface area (Å²) in [5.41, 5.74) is 1.87. The lowest BCUT2D eigenvalue weighted by Gasteiger charge is -2.34. The number of hydrogen-bond donors (Lipinski definition) is 3. The Morgan fingerprint density at radius 3 is 2.65 bits per heavy atom. The quantitative estimate of drug-likeness (QED) is 0.484. The van der Waals surface area contributed by atoms with Gasteiger partial charge in [0.25, 0.3) is 0 Å². The van der Waals surface area contributed by atoms with Crippen LogP contribution in [0.4, 0.5) is 16.2 Å². The summed E-state index contributed by atoms with van der Waals surface area (Å²) in [6.45, 7) is 7.38. The highest BCUT2D eigenvalue weighted by Gasteiger charge is 2.32. The van der Waals surface area contributed by atoms with E-state index in [-0.39, 0.29) is 37.4 Å². The number of likely N-dealkylation sites (N-methyl/N-ethyl adjacent to an activating group) is 1. The predicted octanol–water partition coefficient (Wildman–Crippen LogP) is 1.98. The monoisotopic (exact) mass is 537 g/mol. The van der Waals surface area contributed by atoms with Gasteiger partial charge in [0, 0.05) is 30.8 Å². The lowest BCUT2D eigenvalue weighted by Crippen LogP contribution is -2.48. The Kier molecular flexibility index (Phi) is 8.69. The minimum atomic E-state index is -3.52. The largest absolute Gasteiger partial charge is 0.488 e. The molecular weight excluding hydrogens is 502 g/mol. The summed E-state index contributed by atoms with van der Waals surface area (Å²) in [5, 5.41) is 16.4. The Hall–Kier alpha value is -3.32. The fourth-order valence-corrected chi connectivity index (χ4v) is 4.70. The molecule has 1 aliphatic rings. The molecule has 3 atom stereocenters. The van der Waals surface area contributed by atoms with Crippen LogP contribution in [-0.2, 0) is 21.2 Å². The number of amides is 3. The lowest BCUT2D eigenvalue weighted by molar-refractivity contribution is -0.134. The summed E-state index contributed by atoms with van der Waals surface area (Å²) in [6.07, 6.45) is 0.482. The van der Waals surface area contributed by atoms with Crippen molar-refractivity contribution in [3.8, 4) is 5.75 Å². The molecule has 0 saturated heterocycles. The first-order valence-electron chi connectivity index (χ1n) is 11.9. The summed E-state index contributed by atoms with van der Waals surface area (Å²) in [4.78, 5) is 29.2. The number of carbonyl (C=O) groups is 2. The molecule has 0 unspecified atom stereocenters. The number of ether oxygens (including phenoxy) is 1. The first kappa shape index (κ1) is 28.3. The van der Waals surface area contributed by atoms with Gasteiger partial charge in [-0.2, -0.15) is 0 Å². The number of rotatable bonds is 7. The van der Waals surface area contributed by atoms with Crippen molar-refractivity contribution in [1.82, 2.24) is 15.0 Å². The second-order valence-electron chi connectivity index (χ2n) is 9.59. The van der Waals surface area contributed by atoms with E-state index in [9.17, 15) is 23.1 Å². The number of fused-ring (bicyclic) bond motifs is 1. The molecule has 204 valence electrons. The Labute approximate surface area is 217 Å². The van der Waals surface area contributed by atoms with Crippen LogP contribution in [0.3, 0.4) is 0 Å². The van der Waals surface area contributed by atoms with Gasteiger partial charge >= 0.3 is 6.03 Å². The third-order valence-corrected chi connectivity index (χ3v) is 6.89. The number of hydrogen-bond acceptors (Lipinski definition) is 8. The van der Waals surface area contributed by atoms with Crippen LogP contribution in [0.5, 0.6) is 5.75 Å². The van der Waals surface area contributed by atoms with Crippen molar-refractivity contribution in [2.24, 2.45) is 5.92 Å². The molecule has 2 heterocycles. The highest BCUT2D eigenvalue weighted by Crippen LogP contribution is 2.29. The molecule has 37 heavy (non-hydrogen) atoms. The van der Waals surface area contributed by atoms with Crippen LogP contribution in [0.2, 0.25) is 0 Å². The number of benzene rings is 1. The molecule has 1 aromatic carbocycles. The fourth-order valence-electron chi connectivity index (χ4n) is 4.14. The molecule has 0 fully saturated rings. The summed E-state index contributed by atoms with van der Waals surface area (Å²) in [7, 11) is -1.89. The van der Waals surface area contributed by atoms with Gasteiger partial charge in [-0.15, -0.1) is 0 Å². The standard InChI is InChI=1S/C24H35N5O7S/c1-14-11-29(15(2)13-30)22(31)10-18-9-19(27-37(6,33)34)7-8-20(18)35-21(14)12-28(5)24(32)25-23-16(3)26-36-17(23)4/h7-9,14-15,21,27,30H,10-13H2,1-6H3,(H,25,32)/t14-,15+,21-/m1/s1. The Morgan fingerprint density at radius 1 is 1.35 bits per heavy atom. The maximum atomic E-state index is 13.2. The topological polar surface area (TPSA) is 154 Å². The predicted molar refractivity (Wildman–Crippen MR) is 138 cm³/mol. The SMILES string of the molecule is Cc1noc(C)c1NC(=O)N(C)C[C@H]1Oc2ccc(NS(C)(=O)=O)cc2CC(=O)N([C@@H](C)CO)C[C@H]1C. The number of carbonyl (C=O) groups excluding carboxylic acids is 2. The van der Waals surface area contributed by atoms with Gasteiger partial charge in [-0.3, -0.25) is 9.52 Å². The van der Waals surface area contributed by atoms with Gasteiger partial charge in [0.15, 0.2) is 5.76 Å². The average molecular weight is 538 g/mol. The molecule has 0 aliphatic carbocycles. The highest BCUT2D eigenvalue weighted by atomic mass is 32.2. The highest BCUT2D eigenvalue weighted by molar-refractivity contribution is 7.92. The molecule has 1 aromatic heterocycles. The van der Waals surface area contributed by atoms with Crippen LogP contribution < -0.4 is 14.8 Å². The average Bonchev–Trinajstić information content (AvgIpc) is 3.14. The van der Waals surface area contributed by atoms with Crippen molar-refractivity contribution >= 4 is 33.3 Å². The Bertz CT molecular complexity index is 1230. The number of anilines is 2. The van der Waals surface area contributed by atoms with Gasteiger partial charge < -0.3 is 29.5 Å². The number of sulfonamides is 1.